The molecule has 0 bridgehead atoms. The van der Waals surface area contributed by atoms with E-state index in [-0.39, 0.29) is 6.61 Å². The number of alkyl halides is 1. The molecule has 7 heteroatoms. The van der Waals surface area contributed by atoms with E-state index in [0.717, 1.165) is 6.21 Å². The van der Waals surface area contributed by atoms with Crippen molar-refractivity contribution in [3.05, 3.63) is 11.8 Å². The van der Waals surface area contributed by atoms with Gasteiger partial charge in [-0.1, -0.05) is 0 Å². The Labute approximate surface area is 79.9 Å². The van der Waals surface area contributed by atoms with E-state index < -0.39 is 17.5 Å². The molecule has 1 saturated heterocycles. The van der Waals surface area contributed by atoms with Gasteiger partial charge in [-0.15, -0.1) is 0 Å². The Balaban J connectivity index is 2.81. The van der Waals surface area contributed by atoms with Crippen LogP contribution in [0, 0.1) is 0 Å². The third-order valence-corrected chi connectivity index (χ3v) is 1.70. The first-order chi connectivity index (χ1) is 6.46. The molecule has 14 heavy (non-hydrogen) atoms. The lowest BCUT2D eigenvalue weighted by atomic mass is 10.2. The molecule has 0 radical (unpaired) electrons. The first-order valence-electron chi connectivity index (χ1n) is 3.90. The van der Waals surface area contributed by atoms with Crippen LogP contribution in [0.3, 0.4) is 0 Å². The van der Waals surface area contributed by atoms with Crippen molar-refractivity contribution >= 4 is 6.21 Å². The second-order valence-corrected chi connectivity index (χ2v) is 2.86. The maximum absolute atomic E-state index is 13.1. The number of epoxide rings is 1. The van der Waals surface area contributed by atoms with Crippen molar-refractivity contribution in [2.45, 2.75) is 18.6 Å². The molecular weight excluding hydrogens is 193 g/mol. The fourth-order valence-corrected chi connectivity index (χ4v) is 0.910. The quantitative estimate of drug-likeness (QED) is 0.0926. The zero-order chi connectivity index (χ0) is 10.8. The average molecular weight is 205 g/mol. The molecule has 0 spiro atoms. The van der Waals surface area contributed by atoms with E-state index in [9.17, 15) is 14.6 Å². The Bertz CT molecular complexity index is 277. The Morgan fingerprint density at radius 3 is 2.79 bits per heavy atom. The van der Waals surface area contributed by atoms with Crippen LogP contribution in [0.5, 0.6) is 0 Å². The number of ether oxygens (including phenoxy) is 1. The molecule has 1 heterocycles. The molecule has 6 nitrogen and oxygen atoms in total. The summed E-state index contributed by atoms with van der Waals surface area (Å²) in [5, 5.41) is 24.0. The van der Waals surface area contributed by atoms with Crippen LogP contribution >= 0.6 is 0 Å². The monoisotopic (exact) mass is 205 g/mol. The van der Waals surface area contributed by atoms with E-state index in [1.165, 1.54) is 13.0 Å². The minimum atomic E-state index is -2.14. The summed E-state index contributed by atoms with van der Waals surface area (Å²) in [6.45, 7) is 1.26. The fraction of sp³-hybridized carbons (Fsp3) is 0.571. The van der Waals surface area contributed by atoms with Gasteiger partial charge in [-0.05, 0) is 13.0 Å². The highest BCUT2D eigenvalue weighted by molar-refractivity contribution is 5.71. The van der Waals surface area contributed by atoms with E-state index in [0.29, 0.717) is 0 Å². The van der Waals surface area contributed by atoms with E-state index >= 15 is 0 Å². The highest BCUT2D eigenvalue weighted by Gasteiger charge is 2.52. The van der Waals surface area contributed by atoms with Gasteiger partial charge in [0.05, 0.1) is 6.21 Å². The third-order valence-electron chi connectivity index (χ3n) is 1.70. The first-order valence-corrected chi connectivity index (χ1v) is 3.90. The molecule has 0 aromatic carbocycles. The minimum Gasteiger partial charge on any atom is -0.508 e. The van der Waals surface area contributed by atoms with Crippen molar-refractivity contribution < 1.29 is 19.3 Å². The lowest BCUT2D eigenvalue weighted by Crippen LogP contribution is -2.53. The molecule has 5 N–H and O–H groups in total. The van der Waals surface area contributed by atoms with Crippen LogP contribution in [0.4, 0.5) is 4.39 Å². The number of aliphatic hydroxyl groups is 2. The van der Waals surface area contributed by atoms with Crippen molar-refractivity contribution in [2.24, 2.45) is 10.9 Å². The fourth-order valence-electron chi connectivity index (χ4n) is 0.910. The molecule has 0 aromatic heterocycles. The number of aliphatic hydroxyl groups excluding tert-OH is 1. The van der Waals surface area contributed by atoms with Crippen LogP contribution in [0.2, 0.25) is 0 Å². The summed E-state index contributed by atoms with van der Waals surface area (Å²) in [4.78, 5) is 0. The van der Waals surface area contributed by atoms with Crippen molar-refractivity contribution in [3.63, 3.8) is 0 Å². The van der Waals surface area contributed by atoms with Gasteiger partial charge in [-0.25, -0.2) is 5.32 Å². The number of rotatable bonds is 4. The number of nitrogens with two attached hydrogens (primary N) is 1. The van der Waals surface area contributed by atoms with Gasteiger partial charge in [0, 0.05) is 0 Å². The van der Waals surface area contributed by atoms with Gasteiger partial charge in [0.25, 0.3) is 5.98 Å². The van der Waals surface area contributed by atoms with Crippen LogP contribution in [-0.4, -0.2) is 34.7 Å². The maximum atomic E-state index is 13.1. The van der Waals surface area contributed by atoms with Gasteiger partial charge >= 0.3 is 0 Å². The number of nitrogens with zero attached hydrogens (tertiary/aromatic N) is 1. The summed E-state index contributed by atoms with van der Waals surface area (Å²) < 4.78 is 17.4. The Kier molecular flexibility index (Phi) is 2.74. The number of allylic oxidation sites excluding steroid dienone is 1. The first kappa shape index (κ1) is 10.9. The predicted octanol–water partition coefficient (Wildman–Crippen LogP) is -0.676. The third kappa shape index (κ3) is 2.19. The number of nitrogens with one attached hydrogen (secondary N) is 1. The summed E-state index contributed by atoms with van der Waals surface area (Å²) >= 11 is 0. The molecule has 80 valence electrons. The Hall–Kier alpha value is -1.18. The van der Waals surface area contributed by atoms with Crippen LogP contribution in [0.25, 0.3) is 0 Å². The van der Waals surface area contributed by atoms with E-state index in [2.05, 4.69) is 9.84 Å². The van der Waals surface area contributed by atoms with E-state index in [1.807, 2.05) is 5.32 Å². The van der Waals surface area contributed by atoms with Crippen molar-refractivity contribution in [1.29, 1.82) is 0 Å². The summed E-state index contributed by atoms with van der Waals surface area (Å²) in [5.41, 5.74) is -2.14. The average Bonchev–Trinajstić information content (AvgIpc) is 2.82. The van der Waals surface area contributed by atoms with Crippen molar-refractivity contribution in [1.82, 2.24) is 5.32 Å². The van der Waals surface area contributed by atoms with E-state index in [4.69, 9.17) is 5.84 Å². The van der Waals surface area contributed by atoms with Crippen molar-refractivity contribution in [2.75, 3.05) is 6.61 Å². The summed E-state index contributed by atoms with van der Waals surface area (Å²) in [6.07, 6.45) is 1.95. The zero-order valence-electron chi connectivity index (χ0n) is 7.57. The SMILES string of the molecule is C/C=C(\O)C(O)(/C=N\N)NC1(F)CO1. The Morgan fingerprint density at radius 1 is 1.86 bits per heavy atom. The highest BCUT2D eigenvalue weighted by Crippen LogP contribution is 2.28. The predicted molar refractivity (Wildman–Crippen MR) is 46.9 cm³/mol. The number of halogens is 1. The molecule has 0 saturated carbocycles. The minimum absolute atomic E-state index is 0.204. The van der Waals surface area contributed by atoms with Gasteiger partial charge in [-0.3, -0.25) is 0 Å². The zero-order valence-corrected chi connectivity index (χ0v) is 7.57. The van der Waals surface area contributed by atoms with Gasteiger partial charge in [-0.2, -0.15) is 9.49 Å². The summed E-state index contributed by atoms with van der Waals surface area (Å²) in [5.74, 6) is 2.17. The highest BCUT2D eigenvalue weighted by atomic mass is 19.2. The maximum Gasteiger partial charge on any atom is 0.293 e. The number of hydrogen-bond donors (Lipinski definition) is 4. The van der Waals surface area contributed by atoms with Crippen LogP contribution < -0.4 is 11.2 Å². The van der Waals surface area contributed by atoms with Gasteiger partial charge < -0.3 is 20.8 Å². The number of hydrazone groups is 1. The molecule has 0 aliphatic carbocycles. The molecule has 1 aliphatic heterocycles. The smallest absolute Gasteiger partial charge is 0.293 e. The van der Waals surface area contributed by atoms with Crippen LogP contribution in [0.15, 0.2) is 16.9 Å². The summed E-state index contributed by atoms with van der Waals surface area (Å²) in [7, 11) is 0. The van der Waals surface area contributed by atoms with Crippen molar-refractivity contribution in [3.8, 4) is 0 Å². The second-order valence-electron chi connectivity index (χ2n) is 2.86. The Morgan fingerprint density at radius 2 is 2.43 bits per heavy atom. The largest absolute Gasteiger partial charge is 0.508 e. The lowest BCUT2D eigenvalue weighted by Gasteiger charge is -2.24. The summed E-state index contributed by atoms with van der Waals surface area (Å²) in [6, 6.07) is 0. The molecule has 0 aromatic rings. The molecule has 1 aliphatic rings. The molecule has 1 rings (SSSR count). The standard InChI is InChI=1S/C7H12FN3O3/c1-2-5(12)6(13,3-10-9)11-7(8)4-14-7/h2-3,11-13H,4,9H2,1H3/b5-2-,10-3-. The number of hydrogen-bond acceptors (Lipinski definition) is 6. The molecular formula is C7H12FN3O3. The topological polar surface area (TPSA) is 103 Å². The van der Waals surface area contributed by atoms with Gasteiger partial charge in [0.15, 0.2) is 0 Å². The molecule has 0 amide bonds. The molecule has 2 atom stereocenters. The molecule has 1 fully saturated rings. The molecule has 2 unspecified atom stereocenters. The van der Waals surface area contributed by atoms with Gasteiger partial charge in [0.1, 0.15) is 12.4 Å². The van der Waals surface area contributed by atoms with E-state index in [1.54, 1.807) is 0 Å². The van der Waals surface area contributed by atoms with Gasteiger partial charge in [0.2, 0.25) is 5.72 Å². The van der Waals surface area contributed by atoms with Crippen LogP contribution in [0.1, 0.15) is 6.92 Å². The second kappa shape index (κ2) is 3.52. The van der Waals surface area contributed by atoms with Crippen LogP contribution in [-0.2, 0) is 4.74 Å². The lowest BCUT2D eigenvalue weighted by molar-refractivity contribution is -0.0141. The normalized spacial score (nSPS) is 31.8.